The Hall–Kier alpha value is -2.56. The van der Waals surface area contributed by atoms with Crippen molar-refractivity contribution in [2.24, 2.45) is 0 Å². The van der Waals surface area contributed by atoms with E-state index in [2.05, 4.69) is 10.1 Å². The maximum absolute atomic E-state index is 13.7. The topological polar surface area (TPSA) is 30.7 Å². The van der Waals surface area contributed by atoms with Gasteiger partial charge >= 0.3 is 0 Å². The highest BCUT2D eigenvalue weighted by molar-refractivity contribution is 5.60. The molecule has 3 rings (SSSR count). The molecular formula is C16H13F2N3. The highest BCUT2D eigenvalue weighted by atomic mass is 19.1. The van der Waals surface area contributed by atoms with Crippen LogP contribution in [0.4, 0.5) is 8.78 Å². The van der Waals surface area contributed by atoms with Gasteiger partial charge in [-0.25, -0.2) is 9.37 Å². The Bertz CT molecular complexity index is 763. The van der Waals surface area contributed by atoms with Gasteiger partial charge in [-0.3, -0.25) is 4.68 Å². The normalized spacial score (nSPS) is 10.8. The summed E-state index contributed by atoms with van der Waals surface area (Å²) in [7, 11) is 0. The zero-order valence-corrected chi connectivity index (χ0v) is 11.4. The molecule has 0 saturated carbocycles. The van der Waals surface area contributed by atoms with E-state index in [1.807, 2.05) is 13.0 Å². The van der Waals surface area contributed by atoms with Crippen molar-refractivity contribution >= 4 is 0 Å². The first-order valence-electron chi connectivity index (χ1n) is 6.53. The number of pyridine rings is 1. The van der Waals surface area contributed by atoms with Crippen LogP contribution in [-0.2, 0) is 6.54 Å². The molecule has 0 aliphatic heterocycles. The van der Waals surface area contributed by atoms with Crippen molar-refractivity contribution in [3.63, 3.8) is 0 Å². The lowest BCUT2D eigenvalue weighted by Gasteiger charge is -2.08. The number of halogens is 2. The van der Waals surface area contributed by atoms with Crippen LogP contribution >= 0.6 is 0 Å². The summed E-state index contributed by atoms with van der Waals surface area (Å²) in [5, 5.41) is 4.37. The number of hydrogen-bond donors (Lipinski definition) is 0. The minimum Gasteiger partial charge on any atom is -0.260 e. The lowest BCUT2D eigenvalue weighted by molar-refractivity contribution is 0.549. The molecule has 2 aromatic heterocycles. The molecule has 0 amide bonds. The van der Waals surface area contributed by atoms with Crippen molar-refractivity contribution < 1.29 is 8.78 Å². The van der Waals surface area contributed by atoms with Crippen LogP contribution in [0, 0.1) is 18.7 Å². The number of nitrogens with zero attached hydrogens (tertiary/aromatic N) is 3. The number of hydrogen-bond acceptors (Lipinski definition) is 2. The smallest absolute Gasteiger partial charge is 0.217 e. The Morgan fingerprint density at radius 2 is 1.86 bits per heavy atom. The van der Waals surface area contributed by atoms with E-state index in [0.29, 0.717) is 5.56 Å². The molecule has 0 atom stereocenters. The molecule has 0 fully saturated rings. The quantitative estimate of drug-likeness (QED) is 0.689. The van der Waals surface area contributed by atoms with E-state index in [1.54, 1.807) is 28.9 Å². The van der Waals surface area contributed by atoms with Crippen molar-refractivity contribution in [3.05, 3.63) is 71.7 Å². The van der Waals surface area contributed by atoms with E-state index in [0.717, 1.165) is 17.0 Å². The zero-order valence-electron chi connectivity index (χ0n) is 11.4. The molecule has 1 aromatic carbocycles. The minimum absolute atomic E-state index is 0.278. The van der Waals surface area contributed by atoms with E-state index >= 15 is 0 Å². The van der Waals surface area contributed by atoms with Gasteiger partial charge in [-0.1, -0.05) is 6.07 Å². The van der Waals surface area contributed by atoms with Gasteiger partial charge in [0.25, 0.3) is 0 Å². The second-order valence-electron chi connectivity index (χ2n) is 4.79. The van der Waals surface area contributed by atoms with Crippen LogP contribution in [0.2, 0.25) is 0 Å². The Morgan fingerprint density at radius 3 is 2.57 bits per heavy atom. The molecule has 3 nitrogen and oxygen atoms in total. The average Bonchev–Trinajstić information content (AvgIpc) is 2.83. The van der Waals surface area contributed by atoms with Gasteiger partial charge in [-0.15, -0.1) is 0 Å². The molecule has 0 bridgehead atoms. The Balaban J connectivity index is 2.00. The third-order valence-electron chi connectivity index (χ3n) is 3.20. The lowest BCUT2D eigenvalue weighted by atomic mass is 10.1. The van der Waals surface area contributed by atoms with Gasteiger partial charge in [0.2, 0.25) is 5.95 Å². The fraction of sp³-hybridized carbons (Fsp3) is 0.125. The second-order valence-corrected chi connectivity index (χ2v) is 4.79. The number of benzene rings is 1. The molecule has 2 heterocycles. The molecule has 0 unspecified atom stereocenters. The second kappa shape index (κ2) is 5.44. The molecule has 106 valence electrons. The molecular weight excluding hydrogens is 272 g/mol. The predicted octanol–water partition coefficient (Wildman–Crippen LogP) is 3.58. The molecule has 0 N–H and O–H groups in total. The van der Waals surface area contributed by atoms with Gasteiger partial charge in [0.05, 0.1) is 17.9 Å². The minimum atomic E-state index is -0.504. The van der Waals surface area contributed by atoms with Gasteiger partial charge < -0.3 is 0 Å². The maximum atomic E-state index is 13.7. The van der Waals surface area contributed by atoms with Crippen molar-refractivity contribution in [2.75, 3.05) is 0 Å². The van der Waals surface area contributed by atoms with Gasteiger partial charge in [0, 0.05) is 17.3 Å². The molecule has 0 aliphatic carbocycles. The molecule has 0 radical (unpaired) electrons. The monoisotopic (exact) mass is 285 g/mol. The molecule has 5 heteroatoms. The number of aryl methyl sites for hydroxylation is 1. The van der Waals surface area contributed by atoms with Gasteiger partial charge in [0.15, 0.2) is 0 Å². The van der Waals surface area contributed by atoms with Crippen LogP contribution < -0.4 is 0 Å². The maximum Gasteiger partial charge on any atom is 0.217 e. The van der Waals surface area contributed by atoms with E-state index in [-0.39, 0.29) is 12.4 Å². The van der Waals surface area contributed by atoms with Crippen LogP contribution in [0.3, 0.4) is 0 Å². The SMILES string of the molecule is Cc1cc(-c2ccc(F)cc2)n(Cc2cccnc2F)n1. The summed E-state index contributed by atoms with van der Waals surface area (Å²) in [6.07, 6.45) is 1.41. The first-order chi connectivity index (χ1) is 10.1. The molecule has 21 heavy (non-hydrogen) atoms. The Kier molecular flexibility index (Phi) is 3.48. The van der Waals surface area contributed by atoms with Crippen LogP contribution in [-0.4, -0.2) is 14.8 Å². The number of aromatic nitrogens is 3. The molecule has 0 aliphatic rings. The summed E-state index contributed by atoms with van der Waals surface area (Å²) in [6.45, 7) is 2.14. The molecule has 3 aromatic rings. The third kappa shape index (κ3) is 2.81. The number of rotatable bonds is 3. The van der Waals surface area contributed by atoms with Gasteiger partial charge in [0.1, 0.15) is 5.82 Å². The highest BCUT2D eigenvalue weighted by Crippen LogP contribution is 2.22. The lowest BCUT2D eigenvalue weighted by Crippen LogP contribution is -2.06. The van der Waals surface area contributed by atoms with Crippen LogP contribution in [0.5, 0.6) is 0 Å². The van der Waals surface area contributed by atoms with E-state index in [1.165, 1.54) is 18.3 Å². The van der Waals surface area contributed by atoms with Crippen LogP contribution in [0.15, 0.2) is 48.7 Å². The Labute approximate surface area is 120 Å². The standard InChI is InChI=1S/C16H13F2N3/c1-11-9-15(12-4-6-14(17)7-5-12)21(20-11)10-13-3-2-8-19-16(13)18/h2-9H,10H2,1H3. The summed E-state index contributed by atoms with van der Waals surface area (Å²) in [4.78, 5) is 3.64. The van der Waals surface area contributed by atoms with Crippen molar-refractivity contribution in [2.45, 2.75) is 13.5 Å². The van der Waals surface area contributed by atoms with E-state index in [9.17, 15) is 8.78 Å². The fourth-order valence-corrected chi connectivity index (χ4v) is 2.22. The Morgan fingerprint density at radius 1 is 1.10 bits per heavy atom. The summed E-state index contributed by atoms with van der Waals surface area (Å²) >= 11 is 0. The zero-order chi connectivity index (χ0) is 14.8. The first kappa shape index (κ1) is 13.4. The third-order valence-corrected chi connectivity index (χ3v) is 3.20. The largest absolute Gasteiger partial charge is 0.260 e. The summed E-state index contributed by atoms with van der Waals surface area (Å²) in [6, 6.07) is 11.4. The van der Waals surface area contributed by atoms with E-state index < -0.39 is 5.95 Å². The fourth-order valence-electron chi connectivity index (χ4n) is 2.22. The first-order valence-corrected chi connectivity index (χ1v) is 6.53. The van der Waals surface area contributed by atoms with Crippen molar-refractivity contribution in [3.8, 4) is 11.3 Å². The van der Waals surface area contributed by atoms with Crippen LogP contribution in [0.1, 0.15) is 11.3 Å². The van der Waals surface area contributed by atoms with Gasteiger partial charge in [-0.2, -0.15) is 9.49 Å². The van der Waals surface area contributed by atoms with Gasteiger partial charge in [-0.05, 0) is 43.3 Å². The highest BCUT2D eigenvalue weighted by Gasteiger charge is 2.11. The molecule has 0 spiro atoms. The summed E-state index contributed by atoms with van der Waals surface area (Å²) in [5.74, 6) is -0.796. The summed E-state index contributed by atoms with van der Waals surface area (Å²) < 4.78 is 28.4. The van der Waals surface area contributed by atoms with E-state index in [4.69, 9.17) is 0 Å². The van der Waals surface area contributed by atoms with Crippen molar-refractivity contribution in [1.82, 2.24) is 14.8 Å². The van der Waals surface area contributed by atoms with Crippen LogP contribution in [0.25, 0.3) is 11.3 Å². The predicted molar refractivity (Wildman–Crippen MR) is 75.7 cm³/mol. The molecule has 0 saturated heterocycles. The van der Waals surface area contributed by atoms with Crippen molar-refractivity contribution in [1.29, 1.82) is 0 Å². The summed E-state index contributed by atoms with van der Waals surface area (Å²) in [5.41, 5.74) is 2.93. The average molecular weight is 285 g/mol.